The van der Waals surface area contributed by atoms with Crippen molar-refractivity contribution in [2.75, 3.05) is 6.61 Å². The Hall–Kier alpha value is -2.61. The molecule has 2 aromatic heterocycles. The molecule has 0 saturated carbocycles. The monoisotopic (exact) mass is 350 g/mol. The molecule has 0 spiro atoms. The van der Waals surface area contributed by atoms with Gasteiger partial charge in [-0.15, -0.1) is 11.3 Å². The van der Waals surface area contributed by atoms with Crippen LogP contribution in [-0.2, 0) is 11.3 Å². The molecular formula is C16H18N2O5S. The topological polar surface area (TPSA) is 108 Å². The highest BCUT2D eigenvalue weighted by Crippen LogP contribution is 2.20. The Kier molecular flexibility index (Phi) is 5.40. The van der Waals surface area contributed by atoms with E-state index in [9.17, 15) is 14.4 Å². The summed E-state index contributed by atoms with van der Waals surface area (Å²) in [5.74, 6) is -1.91. The molecule has 0 aliphatic carbocycles. The van der Waals surface area contributed by atoms with E-state index in [1.54, 1.807) is 32.2 Å². The maximum Gasteiger partial charge on any atom is 0.346 e. The molecule has 2 heterocycles. The molecule has 2 rings (SSSR count). The molecule has 0 radical (unpaired) electrons. The van der Waals surface area contributed by atoms with Crippen molar-refractivity contribution in [2.24, 2.45) is 0 Å². The van der Waals surface area contributed by atoms with Crippen molar-refractivity contribution < 1.29 is 24.2 Å². The average molecular weight is 350 g/mol. The van der Waals surface area contributed by atoms with Crippen molar-refractivity contribution in [3.63, 3.8) is 0 Å². The number of aromatic carboxylic acids is 1. The van der Waals surface area contributed by atoms with Gasteiger partial charge in [-0.3, -0.25) is 4.79 Å². The molecule has 0 saturated heterocycles. The summed E-state index contributed by atoms with van der Waals surface area (Å²) in [6.45, 7) is 5.41. The number of esters is 1. The number of carbonyl (C=O) groups is 3. The maximum absolute atomic E-state index is 12.3. The number of hydrogen-bond acceptors (Lipinski definition) is 5. The van der Waals surface area contributed by atoms with E-state index in [1.807, 2.05) is 0 Å². The molecule has 0 aliphatic heterocycles. The summed E-state index contributed by atoms with van der Waals surface area (Å²) in [4.78, 5) is 38.5. The summed E-state index contributed by atoms with van der Waals surface area (Å²) >= 11 is 1.10. The Morgan fingerprint density at radius 3 is 2.67 bits per heavy atom. The van der Waals surface area contributed by atoms with Crippen LogP contribution in [0.5, 0.6) is 0 Å². The number of H-pyrrole nitrogens is 1. The number of rotatable bonds is 6. The second-order valence-corrected chi connectivity index (χ2v) is 6.02. The van der Waals surface area contributed by atoms with Crippen LogP contribution in [0.1, 0.15) is 54.3 Å². The molecule has 2 aromatic rings. The van der Waals surface area contributed by atoms with E-state index < -0.39 is 17.8 Å². The van der Waals surface area contributed by atoms with E-state index in [1.165, 1.54) is 0 Å². The SMILES string of the molecule is CCOC(=O)c1c(C)[nH]c(C(=O)NCc2ccsc2C(=O)O)c1C. The standard InChI is InChI=1S/C16H18N2O5S/c1-4-23-16(22)11-8(2)12(18-9(11)3)14(19)17-7-10-5-6-24-13(10)15(20)21/h5-6,18H,4,7H2,1-3H3,(H,17,19)(H,20,21). The van der Waals surface area contributed by atoms with Crippen molar-refractivity contribution in [3.05, 3.63) is 44.4 Å². The molecular weight excluding hydrogens is 332 g/mol. The number of carboxylic acid groups (broad SMARTS) is 1. The lowest BCUT2D eigenvalue weighted by Gasteiger charge is -2.05. The third-order valence-corrected chi connectivity index (χ3v) is 4.47. The van der Waals surface area contributed by atoms with Crippen LogP contribution in [-0.4, -0.2) is 34.5 Å². The Morgan fingerprint density at radius 2 is 2.04 bits per heavy atom. The van der Waals surface area contributed by atoms with Gasteiger partial charge in [-0.2, -0.15) is 0 Å². The van der Waals surface area contributed by atoms with Crippen LogP contribution in [0.3, 0.4) is 0 Å². The van der Waals surface area contributed by atoms with Gasteiger partial charge in [0.25, 0.3) is 5.91 Å². The average Bonchev–Trinajstić information content (AvgIpc) is 3.09. The second-order valence-electron chi connectivity index (χ2n) is 5.11. The number of amides is 1. The van der Waals surface area contributed by atoms with Crippen molar-refractivity contribution in [3.8, 4) is 0 Å². The molecule has 128 valence electrons. The summed E-state index contributed by atoms with van der Waals surface area (Å²) in [6.07, 6.45) is 0. The summed E-state index contributed by atoms with van der Waals surface area (Å²) in [7, 11) is 0. The van der Waals surface area contributed by atoms with E-state index in [0.717, 1.165) is 11.3 Å². The summed E-state index contributed by atoms with van der Waals surface area (Å²) in [5, 5.41) is 13.4. The number of thiophene rings is 1. The fourth-order valence-corrected chi connectivity index (χ4v) is 3.17. The fourth-order valence-electron chi connectivity index (χ4n) is 2.41. The third kappa shape index (κ3) is 3.48. The summed E-state index contributed by atoms with van der Waals surface area (Å²) in [5.41, 5.74) is 2.21. The number of aromatic nitrogens is 1. The Balaban J connectivity index is 2.16. The first-order valence-corrected chi connectivity index (χ1v) is 8.18. The number of aromatic amines is 1. The summed E-state index contributed by atoms with van der Waals surface area (Å²) < 4.78 is 4.99. The zero-order valence-electron chi connectivity index (χ0n) is 13.6. The number of ether oxygens (including phenoxy) is 1. The van der Waals surface area contributed by atoms with E-state index in [2.05, 4.69) is 10.3 Å². The highest BCUT2D eigenvalue weighted by Gasteiger charge is 2.23. The minimum Gasteiger partial charge on any atom is -0.477 e. The molecule has 0 bridgehead atoms. The Morgan fingerprint density at radius 1 is 1.33 bits per heavy atom. The van der Waals surface area contributed by atoms with Crippen LogP contribution in [0.15, 0.2) is 11.4 Å². The number of carbonyl (C=O) groups excluding carboxylic acids is 2. The first-order chi connectivity index (χ1) is 11.4. The zero-order valence-corrected chi connectivity index (χ0v) is 14.4. The lowest BCUT2D eigenvalue weighted by molar-refractivity contribution is 0.0524. The Bertz CT molecular complexity index is 790. The van der Waals surface area contributed by atoms with Gasteiger partial charge in [-0.1, -0.05) is 0 Å². The van der Waals surface area contributed by atoms with E-state index in [4.69, 9.17) is 9.84 Å². The van der Waals surface area contributed by atoms with Crippen LogP contribution in [0, 0.1) is 13.8 Å². The van der Waals surface area contributed by atoms with E-state index in [0.29, 0.717) is 22.4 Å². The van der Waals surface area contributed by atoms with Crippen LogP contribution in [0.2, 0.25) is 0 Å². The van der Waals surface area contributed by atoms with Gasteiger partial charge in [0.2, 0.25) is 0 Å². The van der Waals surface area contributed by atoms with Gasteiger partial charge in [0.05, 0.1) is 12.2 Å². The quantitative estimate of drug-likeness (QED) is 0.694. The molecule has 0 fully saturated rings. The number of hydrogen-bond donors (Lipinski definition) is 3. The van der Waals surface area contributed by atoms with Crippen LogP contribution < -0.4 is 5.32 Å². The highest BCUT2D eigenvalue weighted by molar-refractivity contribution is 7.12. The predicted molar refractivity (Wildman–Crippen MR) is 88.7 cm³/mol. The van der Waals surface area contributed by atoms with Crippen molar-refractivity contribution in [1.29, 1.82) is 0 Å². The van der Waals surface area contributed by atoms with Gasteiger partial charge in [-0.05, 0) is 43.3 Å². The van der Waals surface area contributed by atoms with Crippen molar-refractivity contribution >= 4 is 29.2 Å². The molecule has 1 amide bonds. The zero-order chi connectivity index (χ0) is 17.9. The molecule has 24 heavy (non-hydrogen) atoms. The minimum absolute atomic E-state index is 0.0935. The second kappa shape index (κ2) is 7.31. The third-order valence-electron chi connectivity index (χ3n) is 3.52. The molecule has 0 atom stereocenters. The minimum atomic E-state index is -1.02. The first kappa shape index (κ1) is 17.7. The van der Waals surface area contributed by atoms with Crippen LogP contribution in [0.4, 0.5) is 0 Å². The number of aryl methyl sites for hydroxylation is 1. The maximum atomic E-state index is 12.3. The Labute approximate surface area is 142 Å². The molecule has 7 nitrogen and oxygen atoms in total. The van der Waals surface area contributed by atoms with Crippen LogP contribution in [0.25, 0.3) is 0 Å². The normalized spacial score (nSPS) is 10.5. The van der Waals surface area contributed by atoms with Gasteiger partial charge < -0.3 is 20.1 Å². The molecule has 8 heteroatoms. The van der Waals surface area contributed by atoms with Crippen molar-refractivity contribution in [2.45, 2.75) is 27.3 Å². The lowest BCUT2D eigenvalue weighted by atomic mass is 10.1. The molecule has 0 unspecified atom stereocenters. The predicted octanol–water partition coefficient (Wildman–Crippen LogP) is 2.50. The highest BCUT2D eigenvalue weighted by atomic mass is 32.1. The van der Waals surface area contributed by atoms with E-state index in [-0.39, 0.29) is 23.7 Å². The van der Waals surface area contributed by atoms with Gasteiger partial charge >= 0.3 is 11.9 Å². The first-order valence-electron chi connectivity index (χ1n) is 7.30. The van der Waals surface area contributed by atoms with E-state index >= 15 is 0 Å². The number of nitrogens with one attached hydrogen (secondary N) is 2. The summed E-state index contributed by atoms with van der Waals surface area (Å²) in [6, 6.07) is 1.66. The molecule has 0 aliphatic rings. The van der Waals surface area contributed by atoms with Gasteiger partial charge in [0, 0.05) is 12.2 Å². The van der Waals surface area contributed by atoms with Gasteiger partial charge in [-0.25, -0.2) is 9.59 Å². The smallest absolute Gasteiger partial charge is 0.346 e. The molecule has 0 aromatic carbocycles. The molecule has 3 N–H and O–H groups in total. The van der Waals surface area contributed by atoms with Gasteiger partial charge in [0.1, 0.15) is 10.6 Å². The van der Waals surface area contributed by atoms with Gasteiger partial charge in [0.15, 0.2) is 0 Å². The lowest BCUT2D eigenvalue weighted by Crippen LogP contribution is -2.24. The fraction of sp³-hybridized carbons (Fsp3) is 0.312. The van der Waals surface area contributed by atoms with Crippen LogP contribution >= 0.6 is 11.3 Å². The largest absolute Gasteiger partial charge is 0.477 e. The van der Waals surface area contributed by atoms with Crippen molar-refractivity contribution in [1.82, 2.24) is 10.3 Å². The number of carboxylic acids is 1.